The van der Waals surface area contributed by atoms with Crippen molar-refractivity contribution in [3.05, 3.63) is 29.1 Å². The third-order valence-corrected chi connectivity index (χ3v) is 9.92. The highest BCUT2D eigenvalue weighted by molar-refractivity contribution is 8.76. The summed E-state index contributed by atoms with van der Waals surface area (Å²) in [6, 6.07) is 4.81. The molecule has 0 bridgehead atoms. The number of nitrogens with zero attached hydrogens (tertiary/aromatic N) is 1. The summed E-state index contributed by atoms with van der Waals surface area (Å²) in [6.07, 6.45) is 29.8. The van der Waals surface area contributed by atoms with Gasteiger partial charge in [-0.2, -0.15) is 4.57 Å². The van der Waals surface area contributed by atoms with Crippen molar-refractivity contribution in [2.24, 2.45) is 0 Å². The maximum atomic E-state index is 2.61. The number of hydrogen-bond acceptors (Lipinski definition) is 2. The first-order valence-electron chi connectivity index (χ1n) is 15.9. The summed E-state index contributed by atoms with van der Waals surface area (Å²) < 4.78 is 2.61. The van der Waals surface area contributed by atoms with Crippen LogP contribution in [0, 0.1) is 13.8 Å². The first-order valence-corrected chi connectivity index (χ1v) is 18.4. The molecule has 0 aliphatic carbocycles. The Hall–Kier alpha value is -0.150. The molecule has 1 aromatic heterocycles. The van der Waals surface area contributed by atoms with Gasteiger partial charge in [-0.1, -0.05) is 151 Å². The van der Waals surface area contributed by atoms with E-state index in [0.29, 0.717) is 0 Å². The largest absolute Gasteiger partial charge is 0.199 e. The summed E-state index contributed by atoms with van der Waals surface area (Å²) >= 11 is 0. The molecule has 1 heterocycles. The smallest absolute Gasteiger partial charge is 0.181 e. The Kier molecular flexibility index (Phi) is 23.7. The number of rotatable bonds is 26. The van der Waals surface area contributed by atoms with Crippen molar-refractivity contribution in [3.8, 4) is 0 Å². The van der Waals surface area contributed by atoms with Crippen LogP contribution in [-0.4, -0.2) is 11.5 Å². The third kappa shape index (κ3) is 19.0. The van der Waals surface area contributed by atoms with Gasteiger partial charge in [0.05, 0.1) is 5.75 Å². The van der Waals surface area contributed by atoms with Gasteiger partial charge in [-0.25, -0.2) is 0 Å². The lowest BCUT2D eigenvalue weighted by Crippen LogP contribution is -2.42. The average Bonchev–Trinajstić information content (AvgIpc) is 2.86. The third-order valence-electron chi connectivity index (χ3n) is 7.45. The normalized spacial score (nSPS) is 11.4. The minimum atomic E-state index is 1.16. The molecule has 0 fully saturated rings. The molecule has 36 heavy (non-hydrogen) atoms. The van der Waals surface area contributed by atoms with E-state index < -0.39 is 0 Å². The van der Waals surface area contributed by atoms with Crippen molar-refractivity contribution < 1.29 is 4.57 Å². The summed E-state index contributed by atoms with van der Waals surface area (Å²) in [5.41, 5.74) is 4.43. The van der Waals surface area contributed by atoms with E-state index in [9.17, 15) is 0 Å². The second-order valence-corrected chi connectivity index (χ2v) is 13.8. The van der Waals surface area contributed by atoms with Gasteiger partial charge >= 0.3 is 0 Å². The van der Waals surface area contributed by atoms with E-state index in [-0.39, 0.29) is 0 Å². The molecule has 0 radical (unpaired) electrons. The first-order chi connectivity index (χ1) is 17.7. The maximum absolute atomic E-state index is 2.61. The molecular weight excluding hydrogens is 475 g/mol. The monoisotopic (exact) mass is 536 g/mol. The van der Waals surface area contributed by atoms with E-state index in [0.717, 1.165) is 6.54 Å². The van der Waals surface area contributed by atoms with E-state index in [2.05, 4.69) is 66.0 Å². The molecule has 0 spiro atoms. The lowest BCUT2D eigenvalue weighted by molar-refractivity contribution is -0.705. The van der Waals surface area contributed by atoms with Crippen LogP contribution in [0.25, 0.3) is 0 Å². The fourth-order valence-corrected chi connectivity index (χ4v) is 7.33. The molecule has 0 atom stereocenters. The molecule has 210 valence electrons. The fourth-order valence-electron chi connectivity index (χ4n) is 5.23. The lowest BCUT2D eigenvalue weighted by atomic mass is 10.0. The van der Waals surface area contributed by atoms with Gasteiger partial charge in [-0.15, -0.1) is 0 Å². The number of aromatic nitrogens is 1. The molecule has 0 saturated heterocycles. The zero-order valence-electron chi connectivity index (χ0n) is 24.9. The summed E-state index contributed by atoms with van der Waals surface area (Å²) in [5.74, 6) is 2.55. The minimum absolute atomic E-state index is 1.16. The van der Waals surface area contributed by atoms with Crippen molar-refractivity contribution in [2.45, 2.75) is 169 Å². The van der Waals surface area contributed by atoms with Gasteiger partial charge in [0.2, 0.25) is 0 Å². The van der Waals surface area contributed by atoms with E-state index in [1.54, 1.807) is 5.69 Å². The zero-order chi connectivity index (χ0) is 26.1. The molecule has 0 amide bonds. The highest BCUT2D eigenvalue weighted by atomic mass is 33.1. The molecule has 3 heteroatoms. The van der Waals surface area contributed by atoms with Crippen molar-refractivity contribution in [2.75, 3.05) is 11.5 Å². The van der Waals surface area contributed by atoms with Crippen LogP contribution in [0.4, 0.5) is 0 Å². The molecule has 0 aliphatic rings. The topological polar surface area (TPSA) is 3.88 Å². The van der Waals surface area contributed by atoms with Gasteiger partial charge in [0.15, 0.2) is 17.9 Å². The summed E-state index contributed by atoms with van der Waals surface area (Å²) in [7, 11) is 4.19. The second kappa shape index (κ2) is 25.1. The Balaban J connectivity index is 2.12. The molecule has 0 N–H and O–H groups in total. The molecule has 0 aliphatic heterocycles. The quantitative estimate of drug-likeness (QED) is 0.0658. The summed E-state index contributed by atoms with van der Waals surface area (Å²) in [6.45, 7) is 10.3. The van der Waals surface area contributed by atoms with Crippen LogP contribution in [0.3, 0.4) is 0 Å². The number of pyridine rings is 1. The van der Waals surface area contributed by atoms with Crippen LogP contribution in [-0.2, 0) is 13.0 Å². The first kappa shape index (κ1) is 33.9. The lowest BCUT2D eigenvalue weighted by Gasteiger charge is -2.09. The molecule has 0 saturated carbocycles. The minimum Gasteiger partial charge on any atom is -0.199 e. The zero-order valence-corrected chi connectivity index (χ0v) is 26.5. The van der Waals surface area contributed by atoms with Crippen molar-refractivity contribution in [3.63, 3.8) is 0 Å². The molecule has 0 aromatic carbocycles. The predicted molar refractivity (Wildman–Crippen MR) is 168 cm³/mol. The summed E-state index contributed by atoms with van der Waals surface area (Å²) in [5, 5.41) is 0. The van der Waals surface area contributed by atoms with Gasteiger partial charge < -0.3 is 0 Å². The Morgan fingerprint density at radius 1 is 0.528 bits per heavy atom. The van der Waals surface area contributed by atoms with Gasteiger partial charge in [0, 0.05) is 31.2 Å². The van der Waals surface area contributed by atoms with E-state index in [1.165, 1.54) is 158 Å². The molecule has 0 unspecified atom stereocenters. The highest BCUT2D eigenvalue weighted by Gasteiger charge is 2.15. The fraction of sp³-hybridized carbons (Fsp3) is 0.848. The van der Waals surface area contributed by atoms with Gasteiger partial charge in [0.25, 0.3) is 0 Å². The SMILES string of the molecule is CCCCCCCCCCCCCCc1cc(C)cc(C)[n+]1CCSSCCCCCCCCCC. The van der Waals surface area contributed by atoms with Crippen LogP contribution in [0.15, 0.2) is 12.1 Å². The predicted octanol–water partition coefficient (Wildman–Crippen LogP) is 11.4. The molecule has 1 rings (SSSR count). The summed E-state index contributed by atoms with van der Waals surface area (Å²) in [4.78, 5) is 0. The van der Waals surface area contributed by atoms with E-state index in [1.807, 2.05) is 0 Å². The van der Waals surface area contributed by atoms with Crippen LogP contribution < -0.4 is 4.57 Å². The van der Waals surface area contributed by atoms with Crippen LogP contribution in [0.5, 0.6) is 0 Å². The van der Waals surface area contributed by atoms with Gasteiger partial charge in [-0.3, -0.25) is 0 Å². The highest BCUT2D eigenvalue weighted by Crippen LogP contribution is 2.23. The van der Waals surface area contributed by atoms with Crippen molar-refractivity contribution in [1.29, 1.82) is 0 Å². The van der Waals surface area contributed by atoms with Crippen LogP contribution in [0.1, 0.15) is 159 Å². The molecule has 1 aromatic rings. The van der Waals surface area contributed by atoms with Gasteiger partial charge in [0.1, 0.15) is 0 Å². The van der Waals surface area contributed by atoms with Crippen molar-refractivity contribution in [1.82, 2.24) is 0 Å². The second-order valence-electron chi connectivity index (χ2n) is 11.1. The van der Waals surface area contributed by atoms with E-state index >= 15 is 0 Å². The average molecular weight is 537 g/mol. The Morgan fingerprint density at radius 2 is 0.972 bits per heavy atom. The van der Waals surface area contributed by atoms with Crippen molar-refractivity contribution >= 4 is 21.6 Å². The Morgan fingerprint density at radius 3 is 1.50 bits per heavy atom. The molecular formula is C33H62NS2+. The Bertz CT molecular complexity index is 616. The Labute approximate surface area is 235 Å². The number of aryl methyl sites for hydroxylation is 3. The van der Waals surface area contributed by atoms with Gasteiger partial charge in [-0.05, 0) is 25.3 Å². The van der Waals surface area contributed by atoms with Crippen LogP contribution in [0.2, 0.25) is 0 Å². The molecule has 1 nitrogen and oxygen atoms in total. The number of hydrogen-bond donors (Lipinski definition) is 0. The van der Waals surface area contributed by atoms with Crippen LogP contribution >= 0.6 is 21.6 Å². The number of unbranched alkanes of at least 4 members (excludes halogenated alkanes) is 18. The standard InChI is InChI=1S/C33H62NS2/c1-5-7-9-11-13-15-16-17-18-19-21-23-25-33-30-31(3)29-32(4)34(33)26-28-36-35-27-24-22-20-14-12-10-8-6-2/h29-30H,5-28H2,1-4H3/q+1. The maximum Gasteiger partial charge on any atom is 0.181 e. The van der Waals surface area contributed by atoms with E-state index in [4.69, 9.17) is 0 Å².